The lowest BCUT2D eigenvalue weighted by Gasteiger charge is -2.11. The Kier molecular flexibility index (Phi) is 7.83. The topological polar surface area (TPSA) is 108 Å². The van der Waals surface area contributed by atoms with Crippen LogP contribution in [0, 0.1) is 0 Å². The van der Waals surface area contributed by atoms with E-state index in [2.05, 4.69) is 20.5 Å². The van der Waals surface area contributed by atoms with Crippen molar-refractivity contribution in [2.24, 2.45) is 0 Å². The second kappa shape index (κ2) is 10.6. The zero-order chi connectivity index (χ0) is 22.3. The minimum absolute atomic E-state index is 0.0504. The summed E-state index contributed by atoms with van der Waals surface area (Å²) in [5.74, 6) is 1.33. The Labute approximate surface area is 186 Å². The molecule has 0 saturated carbocycles. The Morgan fingerprint density at radius 1 is 1.10 bits per heavy atom. The molecule has 0 aliphatic rings. The number of hydrogen-bond acceptors (Lipinski definition) is 6. The van der Waals surface area contributed by atoms with Gasteiger partial charge >= 0.3 is 0 Å². The van der Waals surface area contributed by atoms with Gasteiger partial charge < -0.3 is 5.32 Å². The van der Waals surface area contributed by atoms with Gasteiger partial charge in [0.15, 0.2) is 5.82 Å². The number of nitrogens with zero attached hydrogens (tertiary/aromatic N) is 3. The smallest absolute Gasteiger partial charge is 0.242 e. The molecule has 0 aliphatic carbocycles. The van der Waals surface area contributed by atoms with Gasteiger partial charge in [-0.2, -0.15) is 0 Å². The van der Waals surface area contributed by atoms with E-state index in [9.17, 15) is 13.2 Å². The zero-order valence-corrected chi connectivity index (χ0v) is 19.0. The van der Waals surface area contributed by atoms with Gasteiger partial charge in [0.05, 0.1) is 4.90 Å². The number of hydrogen-bond donors (Lipinski definition) is 2. The molecule has 0 fully saturated rings. The molecule has 0 unspecified atom stereocenters. The maximum atomic E-state index is 12.1. The van der Waals surface area contributed by atoms with Crippen LogP contribution in [-0.2, 0) is 21.2 Å². The third kappa shape index (κ3) is 6.39. The lowest BCUT2D eigenvalue weighted by molar-refractivity contribution is -0.120. The maximum absolute atomic E-state index is 12.1. The van der Waals surface area contributed by atoms with E-state index < -0.39 is 10.0 Å². The highest BCUT2D eigenvalue weighted by molar-refractivity contribution is 7.99. The fourth-order valence-electron chi connectivity index (χ4n) is 2.75. The average molecular weight is 460 g/mol. The van der Waals surface area contributed by atoms with E-state index in [1.807, 2.05) is 30.3 Å². The van der Waals surface area contributed by atoms with Crippen LogP contribution in [0.3, 0.4) is 0 Å². The fraction of sp³-hybridized carbons (Fsp3) is 0.286. The van der Waals surface area contributed by atoms with Gasteiger partial charge in [0.25, 0.3) is 0 Å². The summed E-state index contributed by atoms with van der Waals surface area (Å²) < 4.78 is 25.3. The summed E-state index contributed by atoms with van der Waals surface area (Å²) in [4.78, 5) is 16.8. The molecule has 10 heteroatoms. The van der Waals surface area contributed by atoms with Gasteiger partial charge in [0.2, 0.25) is 21.1 Å². The summed E-state index contributed by atoms with van der Waals surface area (Å²) >= 11 is 1.47. The molecule has 164 valence electrons. The summed E-state index contributed by atoms with van der Waals surface area (Å²) in [6.07, 6.45) is 0.881. The molecule has 0 saturated heterocycles. The van der Waals surface area contributed by atoms with Crippen LogP contribution in [0.25, 0.3) is 11.4 Å². The number of carbonyl (C=O) groups is 1. The van der Waals surface area contributed by atoms with Crippen molar-refractivity contribution in [1.82, 2.24) is 24.8 Å². The quantitative estimate of drug-likeness (QED) is 0.356. The molecule has 0 atom stereocenters. The number of benzene rings is 2. The number of sulfonamides is 1. The predicted molar refractivity (Wildman–Crippen MR) is 121 cm³/mol. The maximum Gasteiger partial charge on any atom is 0.242 e. The molecule has 0 radical (unpaired) electrons. The number of nitrogens with one attached hydrogen (secondary N) is 2. The number of thioether (sulfide) groups is 1. The van der Waals surface area contributed by atoms with E-state index in [1.165, 1.54) is 30.2 Å². The standard InChI is InChI=1S/C21H25N5O3S2/c1-26(2)31(28,29)18-11-8-16(9-12-18)10-13-19(27)22-14-15-30-21-23-20(24-25-21)17-6-4-3-5-7-17/h3-9,11-12H,10,13-15H2,1-2H3,(H,22,27)(H,23,24,25). The van der Waals surface area contributed by atoms with Gasteiger partial charge in [-0.3, -0.25) is 9.89 Å². The minimum atomic E-state index is -3.44. The number of aromatic amines is 1. The average Bonchev–Trinajstić information content (AvgIpc) is 3.25. The third-order valence-electron chi connectivity index (χ3n) is 4.51. The van der Waals surface area contributed by atoms with Crippen LogP contribution < -0.4 is 5.32 Å². The van der Waals surface area contributed by atoms with Gasteiger partial charge in [0, 0.05) is 38.4 Å². The second-order valence-electron chi connectivity index (χ2n) is 6.96. The predicted octanol–water partition coefficient (Wildman–Crippen LogP) is 2.56. The largest absolute Gasteiger partial charge is 0.355 e. The van der Waals surface area contributed by atoms with Crippen molar-refractivity contribution in [3.63, 3.8) is 0 Å². The van der Waals surface area contributed by atoms with Crippen LogP contribution in [0.5, 0.6) is 0 Å². The molecule has 2 aromatic carbocycles. The van der Waals surface area contributed by atoms with E-state index in [0.717, 1.165) is 17.0 Å². The van der Waals surface area contributed by atoms with E-state index in [0.29, 0.717) is 30.3 Å². The molecule has 1 aromatic heterocycles. The van der Waals surface area contributed by atoms with E-state index >= 15 is 0 Å². The van der Waals surface area contributed by atoms with Gasteiger partial charge in [-0.1, -0.05) is 54.2 Å². The number of aromatic nitrogens is 3. The monoisotopic (exact) mass is 459 g/mol. The number of H-pyrrole nitrogens is 1. The molecule has 0 aliphatic heterocycles. The van der Waals surface area contributed by atoms with Crippen molar-refractivity contribution in [2.45, 2.75) is 22.9 Å². The summed E-state index contributed by atoms with van der Waals surface area (Å²) in [6.45, 7) is 0.513. The van der Waals surface area contributed by atoms with Crippen LogP contribution in [0.2, 0.25) is 0 Å². The SMILES string of the molecule is CN(C)S(=O)(=O)c1ccc(CCC(=O)NCCSc2n[nH]c(-c3ccccc3)n2)cc1. The lowest BCUT2D eigenvalue weighted by Crippen LogP contribution is -2.26. The highest BCUT2D eigenvalue weighted by Gasteiger charge is 2.16. The third-order valence-corrected chi connectivity index (χ3v) is 7.19. The first-order valence-electron chi connectivity index (χ1n) is 9.75. The molecule has 1 amide bonds. The van der Waals surface area contributed by atoms with Gasteiger partial charge in [-0.25, -0.2) is 17.7 Å². The summed E-state index contributed by atoms with van der Waals surface area (Å²) in [6, 6.07) is 16.4. The van der Waals surface area contributed by atoms with Crippen LogP contribution >= 0.6 is 11.8 Å². The first kappa shape index (κ1) is 23.0. The first-order valence-corrected chi connectivity index (χ1v) is 12.2. The van der Waals surface area contributed by atoms with Crippen LogP contribution in [0.4, 0.5) is 0 Å². The molecule has 0 spiro atoms. The normalized spacial score (nSPS) is 11.6. The van der Waals surface area contributed by atoms with Crippen molar-refractivity contribution >= 4 is 27.7 Å². The van der Waals surface area contributed by atoms with E-state index in [1.54, 1.807) is 24.3 Å². The second-order valence-corrected chi connectivity index (χ2v) is 10.2. The molecule has 3 rings (SSSR count). The van der Waals surface area contributed by atoms with Gasteiger partial charge in [-0.15, -0.1) is 5.10 Å². The van der Waals surface area contributed by atoms with Crippen molar-refractivity contribution in [2.75, 3.05) is 26.4 Å². The Bertz CT molecular complexity index is 1100. The lowest BCUT2D eigenvalue weighted by atomic mass is 10.1. The van der Waals surface area contributed by atoms with Crippen LogP contribution in [0.1, 0.15) is 12.0 Å². The summed E-state index contributed by atoms with van der Waals surface area (Å²) in [5, 5.41) is 10.6. The van der Waals surface area contributed by atoms with Crippen molar-refractivity contribution in [3.05, 3.63) is 60.2 Å². The van der Waals surface area contributed by atoms with Crippen molar-refractivity contribution < 1.29 is 13.2 Å². The Balaban J connectivity index is 1.38. The molecular formula is C21H25N5O3S2. The number of amides is 1. The first-order chi connectivity index (χ1) is 14.9. The highest BCUT2D eigenvalue weighted by Crippen LogP contribution is 2.18. The van der Waals surface area contributed by atoms with Crippen molar-refractivity contribution in [1.29, 1.82) is 0 Å². The van der Waals surface area contributed by atoms with Crippen LogP contribution in [-0.4, -0.2) is 60.2 Å². The fourth-order valence-corrected chi connectivity index (χ4v) is 4.31. The van der Waals surface area contributed by atoms with E-state index in [-0.39, 0.29) is 10.8 Å². The summed E-state index contributed by atoms with van der Waals surface area (Å²) in [5.41, 5.74) is 1.89. The number of rotatable bonds is 10. The number of aryl methyl sites for hydroxylation is 1. The van der Waals surface area contributed by atoms with Crippen LogP contribution in [0.15, 0.2) is 64.6 Å². The zero-order valence-electron chi connectivity index (χ0n) is 17.4. The van der Waals surface area contributed by atoms with Gasteiger partial charge in [-0.05, 0) is 24.1 Å². The van der Waals surface area contributed by atoms with E-state index in [4.69, 9.17) is 0 Å². The molecule has 1 heterocycles. The number of carbonyl (C=O) groups excluding carboxylic acids is 1. The Morgan fingerprint density at radius 3 is 2.48 bits per heavy atom. The summed E-state index contributed by atoms with van der Waals surface area (Å²) in [7, 11) is -0.445. The Morgan fingerprint density at radius 2 is 1.81 bits per heavy atom. The molecule has 8 nitrogen and oxygen atoms in total. The highest BCUT2D eigenvalue weighted by atomic mass is 32.2. The molecule has 31 heavy (non-hydrogen) atoms. The molecular weight excluding hydrogens is 434 g/mol. The molecule has 0 bridgehead atoms. The molecule has 2 N–H and O–H groups in total. The van der Waals surface area contributed by atoms with Gasteiger partial charge in [0.1, 0.15) is 0 Å². The molecule has 3 aromatic rings. The minimum Gasteiger partial charge on any atom is -0.355 e. The Hall–Kier alpha value is -2.69. The van der Waals surface area contributed by atoms with Crippen molar-refractivity contribution in [3.8, 4) is 11.4 Å².